The van der Waals surface area contributed by atoms with E-state index in [2.05, 4.69) is 28.7 Å². The first-order valence-corrected chi connectivity index (χ1v) is 5.02. The van der Waals surface area contributed by atoms with Gasteiger partial charge in [0.05, 0.1) is 6.33 Å². The minimum absolute atomic E-state index is 0.548. The molecule has 0 saturated carbocycles. The maximum atomic E-state index is 4.03. The van der Waals surface area contributed by atoms with Crippen molar-refractivity contribution in [1.82, 2.24) is 14.9 Å². The molecular weight excluding hydrogens is 162 g/mol. The topological polar surface area (TPSA) is 29.9 Å². The molecule has 1 heterocycles. The van der Waals surface area contributed by atoms with Crippen molar-refractivity contribution in [3.63, 3.8) is 0 Å². The van der Waals surface area contributed by atoms with E-state index in [9.17, 15) is 0 Å². The van der Waals surface area contributed by atoms with Crippen molar-refractivity contribution in [2.45, 2.75) is 32.7 Å². The van der Waals surface area contributed by atoms with Crippen LogP contribution in [0.25, 0.3) is 0 Å². The minimum atomic E-state index is 0.548. The predicted octanol–water partition coefficient (Wildman–Crippen LogP) is 1.83. The van der Waals surface area contributed by atoms with Crippen molar-refractivity contribution in [1.29, 1.82) is 0 Å². The molecule has 0 aliphatic carbocycles. The van der Waals surface area contributed by atoms with Crippen molar-refractivity contribution in [2.75, 3.05) is 13.1 Å². The van der Waals surface area contributed by atoms with Gasteiger partial charge in [0.1, 0.15) is 0 Å². The molecule has 0 saturated heterocycles. The molecule has 0 bridgehead atoms. The molecular formula is C10H19N3. The Morgan fingerprint density at radius 3 is 2.92 bits per heavy atom. The lowest BCUT2D eigenvalue weighted by molar-refractivity contribution is 0.482. The van der Waals surface area contributed by atoms with Crippen LogP contribution in [0.1, 0.15) is 32.7 Å². The summed E-state index contributed by atoms with van der Waals surface area (Å²) in [7, 11) is 0. The summed E-state index contributed by atoms with van der Waals surface area (Å²) < 4.78 is 2.15. The van der Waals surface area contributed by atoms with Gasteiger partial charge in [-0.15, -0.1) is 0 Å². The molecule has 3 nitrogen and oxygen atoms in total. The van der Waals surface area contributed by atoms with Gasteiger partial charge in [-0.3, -0.25) is 0 Å². The molecule has 0 aromatic carbocycles. The zero-order valence-corrected chi connectivity index (χ0v) is 8.53. The third-order valence-corrected chi connectivity index (χ3v) is 2.20. The summed E-state index contributed by atoms with van der Waals surface area (Å²) in [6, 6.07) is 0.548. The fraction of sp³-hybridized carbons (Fsp3) is 0.700. The lowest BCUT2D eigenvalue weighted by Gasteiger charge is -2.12. The van der Waals surface area contributed by atoms with E-state index in [0.29, 0.717) is 6.04 Å². The SMILES string of the molecule is CCCNCCC(C)n1ccnc1. The minimum Gasteiger partial charge on any atom is -0.335 e. The van der Waals surface area contributed by atoms with Crippen LogP contribution in [-0.4, -0.2) is 22.6 Å². The average Bonchev–Trinajstić information content (AvgIpc) is 2.65. The van der Waals surface area contributed by atoms with Gasteiger partial charge >= 0.3 is 0 Å². The number of aromatic nitrogens is 2. The van der Waals surface area contributed by atoms with Crippen LogP contribution >= 0.6 is 0 Å². The molecule has 3 heteroatoms. The van der Waals surface area contributed by atoms with Gasteiger partial charge in [-0.05, 0) is 32.9 Å². The van der Waals surface area contributed by atoms with Crippen LogP contribution in [0.15, 0.2) is 18.7 Å². The van der Waals surface area contributed by atoms with E-state index < -0.39 is 0 Å². The summed E-state index contributed by atoms with van der Waals surface area (Å²) in [5.41, 5.74) is 0. The van der Waals surface area contributed by atoms with E-state index in [4.69, 9.17) is 0 Å². The summed E-state index contributed by atoms with van der Waals surface area (Å²) in [6.07, 6.45) is 8.10. The van der Waals surface area contributed by atoms with Crippen LogP contribution in [0.2, 0.25) is 0 Å². The summed E-state index contributed by atoms with van der Waals surface area (Å²) >= 11 is 0. The zero-order chi connectivity index (χ0) is 9.52. The molecule has 1 N–H and O–H groups in total. The lowest BCUT2D eigenvalue weighted by atomic mass is 10.2. The number of nitrogens with one attached hydrogen (secondary N) is 1. The van der Waals surface area contributed by atoms with Crippen molar-refractivity contribution < 1.29 is 0 Å². The number of imidazole rings is 1. The second-order valence-corrected chi connectivity index (χ2v) is 3.40. The molecule has 13 heavy (non-hydrogen) atoms. The van der Waals surface area contributed by atoms with Gasteiger partial charge in [0.25, 0.3) is 0 Å². The number of rotatable bonds is 6. The van der Waals surface area contributed by atoms with Gasteiger partial charge in [0.15, 0.2) is 0 Å². The smallest absolute Gasteiger partial charge is 0.0948 e. The van der Waals surface area contributed by atoms with Crippen molar-refractivity contribution in [3.05, 3.63) is 18.7 Å². The molecule has 0 aliphatic heterocycles. The first-order chi connectivity index (χ1) is 6.34. The molecule has 1 rings (SSSR count). The first kappa shape index (κ1) is 10.3. The quantitative estimate of drug-likeness (QED) is 0.679. The monoisotopic (exact) mass is 181 g/mol. The van der Waals surface area contributed by atoms with Crippen molar-refractivity contribution in [3.8, 4) is 0 Å². The van der Waals surface area contributed by atoms with Gasteiger partial charge in [0.2, 0.25) is 0 Å². The second-order valence-electron chi connectivity index (χ2n) is 3.40. The van der Waals surface area contributed by atoms with E-state index in [1.165, 1.54) is 6.42 Å². The number of nitrogens with zero attached hydrogens (tertiary/aromatic N) is 2. The molecule has 1 aromatic rings. The van der Waals surface area contributed by atoms with Crippen LogP contribution in [-0.2, 0) is 0 Å². The first-order valence-electron chi connectivity index (χ1n) is 5.02. The van der Waals surface area contributed by atoms with Crippen LogP contribution < -0.4 is 5.32 Å². The molecule has 1 aromatic heterocycles. The Bertz CT molecular complexity index is 206. The predicted molar refractivity (Wildman–Crippen MR) is 54.7 cm³/mol. The Morgan fingerprint density at radius 2 is 2.31 bits per heavy atom. The van der Waals surface area contributed by atoms with Crippen molar-refractivity contribution in [2.24, 2.45) is 0 Å². The van der Waals surface area contributed by atoms with E-state index in [1.54, 1.807) is 0 Å². The second kappa shape index (κ2) is 5.75. The van der Waals surface area contributed by atoms with E-state index >= 15 is 0 Å². The molecule has 74 valence electrons. The Morgan fingerprint density at radius 1 is 1.46 bits per heavy atom. The summed E-state index contributed by atoms with van der Waals surface area (Å²) in [4.78, 5) is 4.03. The zero-order valence-electron chi connectivity index (χ0n) is 8.53. The highest BCUT2D eigenvalue weighted by Crippen LogP contribution is 2.07. The summed E-state index contributed by atoms with van der Waals surface area (Å²) in [6.45, 7) is 6.62. The fourth-order valence-corrected chi connectivity index (χ4v) is 1.29. The van der Waals surface area contributed by atoms with E-state index in [0.717, 1.165) is 19.5 Å². The van der Waals surface area contributed by atoms with E-state index in [-0.39, 0.29) is 0 Å². The van der Waals surface area contributed by atoms with Crippen LogP contribution in [0.3, 0.4) is 0 Å². The molecule has 0 radical (unpaired) electrons. The maximum Gasteiger partial charge on any atom is 0.0948 e. The molecule has 0 aliphatic rings. The largest absolute Gasteiger partial charge is 0.335 e. The van der Waals surface area contributed by atoms with Crippen LogP contribution in [0.5, 0.6) is 0 Å². The van der Waals surface area contributed by atoms with Gasteiger partial charge in [-0.2, -0.15) is 0 Å². The van der Waals surface area contributed by atoms with Gasteiger partial charge < -0.3 is 9.88 Å². The van der Waals surface area contributed by atoms with Gasteiger partial charge in [-0.25, -0.2) is 4.98 Å². The number of hydrogen-bond acceptors (Lipinski definition) is 2. The standard InChI is InChI=1S/C10H19N3/c1-3-5-11-6-4-10(2)13-8-7-12-9-13/h7-11H,3-6H2,1-2H3. The maximum absolute atomic E-state index is 4.03. The Hall–Kier alpha value is -0.830. The summed E-state index contributed by atoms with van der Waals surface area (Å²) in [5.74, 6) is 0. The highest BCUT2D eigenvalue weighted by Gasteiger charge is 2.01. The van der Waals surface area contributed by atoms with E-state index in [1.807, 2.05) is 18.7 Å². The molecule has 1 atom stereocenters. The molecule has 0 fully saturated rings. The average molecular weight is 181 g/mol. The molecule has 0 amide bonds. The fourth-order valence-electron chi connectivity index (χ4n) is 1.29. The summed E-state index contributed by atoms with van der Waals surface area (Å²) in [5, 5.41) is 3.39. The highest BCUT2D eigenvalue weighted by molar-refractivity contribution is 4.78. The Balaban J connectivity index is 2.15. The third kappa shape index (κ3) is 3.59. The highest BCUT2D eigenvalue weighted by atomic mass is 15.0. The lowest BCUT2D eigenvalue weighted by Crippen LogP contribution is -2.19. The van der Waals surface area contributed by atoms with Gasteiger partial charge in [-0.1, -0.05) is 6.92 Å². The third-order valence-electron chi connectivity index (χ3n) is 2.20. The van der Waals surface area contributed by atoms with Crippen molar-refractivity contribution >= 4 is 0 Å². The van der Waals surface area contributed by atoms with Crippen LogP contribution in [0.4, 0.5) is 0 Å². The number of hydrogen-bond donors (Lipinski definition) is 1. The molecule has 0 spiro atoms. The normalized spacial score (nSPS) is 13.1. The Labute approximate surface area is 80.2 Å². The Kier molecular flexibility index (Phi) is 4.54. The van der Waals surface area contributed by atoms with Crippen LogP contribution in [0, 0.1) is 0 Å². The van der Waals surface area contributed by atoms with Gasteiger partial charge in [0, 0.05) is 18.4 Å². The molecule has 1 unspecified atom stereocenters.